The van der Waals surface area contributed by atoms with Crippen molar-refractivity contribution >= 4 is 0 Å². The van der Waals surface area contributed by atoms with Crippen LogP contribution in [0.4, 0.5) is 0 Å². The second-order valence-electron chi connectivity index (χ2n) is 4.18. The maximum absolute atomic E-state index is 5.06. The summed E-state index contributed by atoms with van der Waals surface area (Å²) in [6, 6.07) is 0. The van der Waals surface area contributed by atoms with Crippen LogP contribution in [0.2, 0.25) is 0 Å². The molecule has 0 saturated heterocycles. The van der Waals surface area contributed by atoms with E-state index in [0.717, 1.165) is 19.6 Å². The second kappa shape index (κ2) is 5.55. The molecule has 0 aliphatic heterocycles. The van der Waals surface area contributed by atoms with Crippen molar-refractivity contribution in [2.75, 3.05) is 20.3 Å². The molecule has 0 radical (unpaired) electrons. The van der Waals surface area contributed by atoms with Crippen LogP contribution in [0, 0.1) is 5.92 Å². The zero-order valence-electron chi connectivity index (χ0n) is 9.11. The molecule has 1 N–H and O–H groups in total. The molecule has 0 amide bonds. The minimum Gasteiger partial charge on any atom is -0.384 e. The van der Waals surface area contributed by atoms with Gasteiger partial charge in [-0.3, -0.25) is 0 Å². The lowest BCUT2D eigenvalue weighted by molar-refractivity contribution is 0.153. The number of rotatable bonds is 6. The highest BCUT2D eigenvalue weighted by Crippen LogP contribution is 2.07. The van der Waals surface area contributed by atoms with Gasteiger partial charge in [0.15, 0.2) is 0 Å². The van der Waals surface area contributed by atoms with Crippen LogP contribution < -0.4 is 5.32 Å². The maximum atomic E-state index is 5.06. The van der Waals surface area contributed by atoms with Crippen molar-refractivity contribution in [3.63, 3.8) is 0 Å². The second-order valence-corrected chi connectivity index (χ2v) is 4.18. The normalized spacial score (nSPS) is 14.8. The van der Waals surface area contributed by atoms with Crippen LogP contribution in [0.3, 0.4) is 0 Å². The van der Waals surface area contributed by atoms with Gasteiger partial charge < -0.3 is 10.1 Å². The lowest BCUT2D eigenvalue weighted by atomic mass is 10.0. The van der Waals surface area contributed by atoms with Gasteiger partial charge in [0.1, 0.15) is 0 Å². The van der Waals surface area contributed by atoms with Crippen molar-refractivity contribution in [1.29, 1.82) is 0 Å². The van der Waals surface area contributed by atoms with Crippen molar-refractivity contribution in [2.45, 2.75) is 39.7 Å². The fraction of sp³-hybridized carbons (Fsp3) is 1.00. The van der Waals surface area contributed by atoms with Crippen LogP contribution in [0.5, 0.6) is 0 Å². The molecule has 0 heterocycles. The Labute approximate surface area is 76.7 Å². The van der Waals surface area contributed by atoms with Gasteiger partial charge in [0.25, 0.3) is 0 Å². The molecule has 0 saturated carbocycles. The Kier molecular flexibility index (Phi) is 5.51. The molecule has 12 heavy (non-hydrogen) atoms. The van der Waals surface area contributed by atoms with Crippen LogP contribution in [-0.4, -0.2) is 25.8 Å². The molecule has 0 bridgehead atoms. The molecule has 0 aliphatic carbocycles. The van der Waals surface area contributed by atoms with E-state index in [-0.39, 0.29) is 5.54 Å². The van der Waals surface area contributed by atoms with E-state index >= 15 is 0 Å². The number of ether oxygens (including phenoxy) is 1. The fourth-order valence-electron chi connectivity index (χ4n) is 0.919. The van der Waals surface area contributed by atoms with Gasteiger partial charge in [-0.1, -0.05) is 13.8 Å². The average Bonchev–Trinajstić information content (AvgIpc) is 2.02. The topological polar surface area (TPSA) is 21.3 Å². The van der Waals surface area contributed by atoms with E-state index < -0.39 is 0 Å². The van der Waals surface area contributed by atoms with Crippen LogP contribution in [0.1, 0.15) is 34.1 Å². The molecule has 74 valence electrons. The summed E-state index contributed by atoms with van der Waals surface area (Å²) in [6.45, 7) is 10.7. The van der Waals surface area contributed by atoms with Gasteiger partial charge in [-0.05, 0) is 26.2 Å². The molecular weight excluding hydrogens is 150 g/mol. The van der Waals surface area contributed by atoms with Gasteiger partial charge in [0.05, 0.1) is 0 Å². The van der Waals surface area contributed by atoms with Crippen molar-refractivity contribution in [1.82, 2.24) is 5.32 Å². The molecule has 0 fully saturated rings. The highest BCUT2D eigenvalue weighted by Gasteiger charge is 2.14. The molecule has 0 spiro atoms. The lowest BCUT2D eigenvalue weighted by Crippen LogP contribution is -2.41. The molecule has 0 aromatic heterocycles. The number of methoxy groups -OCH3 is 1. The van der Waals surface area contributed by atoms with Crippen molar-refractivity contribution in [3.05, 3.63) is 0 Å². The van der Waals surface area contributed by atoms with E-state index in [9.17, 15) is 0 Å². The molecule has 1 atom stereocenters. The Morgan fingerprint density at radius 2 is 2.00 bits per heavy atom. The summed E-state index contributed by atoms with van der Waals surface area (Å²) in [5, 5.41) is 3.51. The Bertz CT molecular complexity index is 112. The summed E-state index contributed by atoms with van der Waals surface area (Å²) in [5.41, 5.74) is 0.266. The van der Waals surface area contributed by atoms with Crippen LogP contribution in [0.25, 0.3) is 0 Å². The van der Waals surface area contributed by atoms with Gasteiger partial charge >= 0.3 is 0 Å². The summed E-state index contributed by atoms with van der Waals surface area (Å²) in [4.78, 5) is 0. The Morgan fingerprint density at radius 3 is 2.42 bits per heavy atom. The van der Waals surface area contributed by atoms with Crippen LogP contribution in [0.15, 0.2) is 0 Å². The Hall–Kier alpha value is -0.0800. The predicted molar refractivity (Wildman–Crippen MR) is 53.4 cm³/mol. The Balaban J connectivity index is 3.52. The van der Waals surface area contributed by atoms with Gasteiger partial charge in [-0.15, -0.1) is 0 Å². The summed E-state index contributed by atoms with van der Waals surface area (Å²) in [7, 11) is 1.75. The smallest absolute Gasteiger partial charge is 0.0499 e. The zero-order valence-corrected chi connectivity index (χ0v) is 9.11. The predicted octanol–water partition coefficient (Wildman–Crippen LogP) is 2.05. The third kappa shape index (κ3) is 5.56. The number of nitrogens with one attached hydrogen (secondary N) is 1. The van der Waals surface area contributed by atoms with E-state index in [1.807, 2.05) is 0 Å². The molecule has 2 heteroatoms. The van der Waals surface area contributed by atoms with Crippen LogP contribution in [-0.2, 0) is 4.74 Å². The minimum absolute atomic E-state index is 0.266. The highest BCUT2D eigenvalue weighted by atomic mass is 16.5. The Morgan fingerprint density at radius 1 is 1.42 bits per heavy atom. The highest BCUT2D eigenvalue weighted by molar-refractivity contribution is 4.75. The number of hydrogen-bond acceptors (Lipinski definition) is 2. The molecule has 0 aromatic rings. The van der Waals surface area contributed by atoms with Gasteiger partial charge in [-0.2, -0.15) is 0 Å². The van der Waals surface area contributed by atoms with Crippen molar-refractivity contribution in [2.24, 2.45) is 5.92 Å². The fourth-order valence-corrected chi connectivity index (χ4v) is 0.919. The van der Waals surface area contributed by atoms with Gasteiger partial charge in [0, 0.05) is 25.8 Å². The first-order valence-corrected chi connectivity index (χ1v) is 4.75. The van der Waals surface area contributed by atoms with E-state index in [1.165, 1.54) is 0 Å². The first kappa shape index (κ1) is 11.9. The molecule has 0 rings (SSSR count). The summed E-state index contributed by atoms with van der Waals surface area (Å²) >= 11 is 0. The van der Waals surface area contributed by atoms with Gasteiger partial charge in [0.2, 0.25) is 0 Å². The van der Waals surface area contributed by atoms with Crippen molar-refractivity contribution < 1.29 is 4.74 Å². The molecule has 1 unspecified atom stereocenters. The molecular formula is C10H23NO. The van der Waals surface area contributed by atoms with E-state index in [0.29, 0.717) is 5.92 Å². The third-order valence-corrected chi connectivity index (χ3v) is 2.26. The maximum Gasteiger partial charge on any atom is 0.0499 e. The SMILES string of the molecule is CCC(C)(C)NCC(C)COC. The third-order valence-electron chi connectivity index (χ3n) is 2.26. The largest absolute Gasteiger partial charge is 0.384 e. The summed E-state index contributed by atoms with van der Waals surface area (Å²) in [5.74, 6) is 0.598. The minimum atomic E-state index is 0.266. The zero-order chi connectivity index (χ0) is 9.61. The average molecular weight is 173 g/mol. The first-order valence-electron chi connectivity index (χ1n) is 4.75. The standard InChI is InChI=1S/C10H23NO/c1-6-10(3,4)11-7-9(2)8-12-5/h9,11H,6-8H2,1-5H3. The molecule has 0 aromatic carbocycles. The van der Waals surface area contributed by atoms with Crippen LogP contribution >= 0.6 is 0 Å². The first-order chi connectivity index (χ1) is 5.52. The lowest BCUT2D eigenvalue weighted by Gasteiger charge is -2.26. The molecule has 0 aliphatic rings. The van der Waals surface area contributed by atoms with E-state index in [4.69, 9.17) is 4.74 Å². The monoisotopic (exact) mass is 173 g/mol. The molecule has 2 nitrogen and oxygen atoms in total. The van der Waals surface area contributed by atoms with Crippen molar-refractivity contribution in [3.8, 4) is 0 Å². The quantitative estimate of drug-likeness (QED) is 0.663. The van der Waals surface area contributed by atoms with E-state index in [2.05, 4.69) is 33.0 Å². The summed E-state index contributed by atoms with van der Waals surface area (Å²) in [6.07, 6.45) is 1.16. The van der Waals surface area contributed by atoms with Gasteiger partial charge in [-0.25, -0.2) is 0 Å². The summed E-state index contributed by atoms with van der Waals surface area (Å²) < 4.78 is 5.06. The number of hydrogen-bond donors (Lipinski definition) is 1. The van der Waals surface area contributed by atoms with E-state index in [1.54, 1.807) is 7.11 Å².